The average Bonchev–Trinajstić information content (AvgIpc) is 3.31. The van der Waals surface area contributed by atoms with Crippen LogP contribution in [-0.4, -0.2) is 21.9 Å². The zero-order valence-electron chi connectivity index (χ0n) is 12.6. The van der Waals surface area contributed by atoms with Gasteiger partial charge in [-0.2, -0.15) is 0 Å². The van der Waals surface area contributed by atoms with E-state index in [1.54, 1.807) is 6.20 Å². The van der Waals surface area contributed by atoms with Gasteiger partial charge in [0.15, 0.2) is 0 Å². The molecule has 116 valence electrons. The average molecular weight is 306 g/mol. The van der Waals surface area contributed by atoms with Crippen molar-refractivity contribution in [1.29, 1.82) is 0 Å². The van der Waals surface area contributed by atoms with Gasteiger partial charge in [0, 0.05) is 23.5 Å². The van der Waals surface area contributed by atoms with Crippen molar-refractivity contribution in [2.45, 2.75) is 18.9 Å². The van der Waals surface area contributed by atoms with Gasteiger partial charge in [-0.15, -0.1) is 0 Å². The molecule has 1 aliphatic carbocycles. The van der Waals surface area contributed by atoms with Gasteiger partial charge in [0.1, 0.15) is 5.65 Å². The smallest absolute Gasteiger partial charge is 0.241 e. The number of aromatic amines is 1. The number of anilines is 1. The summed E-state index contributed by atoms with van der Waals surface area (Å²) in [5, 5.41) is 3.97. The van der Waals surface area contributed by atoms with Crippen molar-refractivity contribution < 1.29 is 4.79 Å². The molecule has 1 amide bonds. The van der Waals surface area contributed by atoms with Crippen molar-refractivity contribution in [3.63, 3.8) is 0 Å². The first-order valence-electron chi connectivity index (χ1n) is 7.81. The molecule has 1 aliphatic rings. The normalized spacial score (nSPS) is 15.5. The number of nitrogens with two attached hydrogens (primary N) is 1. The van der Waals surface area contributed by atoms with Gasteiger partial charge in [-0.25, -0.2) is 4.98 Å². The molecule has 0 bridgehead atoms. The minimum atomic E-state index is -0.394. The summed E-state index contributed by atoms with van der Waals surface area (Å²) in [5.74, 6) is 0.255. The number of carbonyl (C=O) groups is 1. The molecular weight excluding hydrogens is 288 g/mol. The van der Waals surface area contributed by atoms with Crippen LogP contribution in [0.4, 0.5) is 5.69 Å². The maximum atomic E-state index is 12.0. The van der Waals surface area contributed by atoms with Gasteiger partial charge in [-0.05, 0) is 54.2 Å². The molecule has 1 atom stereocenters. The minimum absolute atomic E-state index is 0.0998. The summed E-state index contributed by atoms with van der Waals surface area (Å²) in [5.41, 5.74) is 9.76. The highest BCUT2D eigenvalue weighted by molar-refractivity contribution is 5.96. The number of hydrogen-bond donors (Lipinski definition) is 3. The predicted molar refractivity (Wildman–Crippen MR) is 90.9 cm³/mol. The van der Waals surface area contributed by atoms with Gasteiger partial charge in [-0.1, -0.05) is 12.1 Å². The van der Waals surface area contributed by atoms with Gasteiger partial charge in [-0.3, -0.25) is 4.79 Å². The number of amides is 1. The molecule has 1 saturated carbocycles. The number of carbonyl (C=O) groups excluding carboxylic acids is 1. The third-order valence-corrected chi connectivity index (χ3v) is 4.36. The van der Waals surface area contributed by atoms with Crippen LogP contribution in [-0.2, 0) is 4.79 Å². The summed E-state index contributed by atoms with van der Waals surface area (Å²) >= 11 is 0. The van der Waals surface area contributed by atoms with E-state index in [1.165, 1.54) is 0 Å². The molecule has 2 heterocycles. The standard InChI is InChI=1S/C18H18N4O/c19-16(12-1-2-12)18(23)22-13-5-3-11(4-6-13)14-7-9-20-17-15(14)8-10-21-17/h3-10,12,16H,1-2,19H2,(H,20,21)(H,22,23). The number of benzene rings is 1. The number of nitrogens with zero attached hydrogens (tertiary/aromatic N) is 1. The molecule has 1 unspecified atom stereocenters. The second-order valence-electron chi connectivity index (χ2n) is 6.03. The van der Waals surface area contributed by atoms with E-state index >= 15 is 0 Å². The Morgan fingerprint density at radius 2 is 2.00 bits per heavy atom. The van der Waals surface area contributed by atoms with E-state index in [9.17, 15) is 4.79 Å². The number of fused-ring (bicyclic) bond motifs is 1. The van der Waals surface area contributed by atoms with Gasteiger partial charge < -0.3 is 16.0 Å². The number of H-pyrrole nitrogens is 1. The zero-order chi connectivity index (χ0) is 15.8. The maximum absolute atomic E-state index is 12.0. The molecule has 1 aromatic carbocycles. The Balaban J connectivity index is 1.56. The Kier molecular flexibility index (Phi) is 3.35. The summed E-state index contributed by atoms with van der Waals surface area (Å²) in [6.07, 6.45) is 5.79. The summed E-state index contributed by atoms with van der Waals surface area (Å²) in [6, 6.07) is 11.4. The number of rotatable bonds is 4. The summed E-state index contributed by atoms with van der Waals surface area (Å²) in [7, 11) is 0. The van der Waals surface area contributed by atoms with Crippen LogP contribution in [0.1, 0.15) is 12.8 Å². The molecule has 1 fully saturated rings. The van der Waals surface area contributed by atoms with E-state index in [2.05, 4.69) is 15.3 Å². The van der Waals surface area contributed by atoms with Crippen molar-refractivity contribution in [1.82, 2.24) is 9.97 Å². The van der Waals surface area contributed by atoms with Gasteiger partial charge in [0.2, 0.25) is 5.91 Å². The third kappa shape index (κ3) is 2.71. The van der Waals surface area contributed by atoms with Crippen LogP contribution in [0.2, 0.25) is 0 Å². The second-order valence-corrected chi connectivity index (χ2v) is 6.03. The lowest BCUT2D eigenvalue weighted by Crippen LogP contribution is -2.37. The quantitative estimate of drug-likeness (QED) is 0.693. The summed E-state index contributed by atoms with van der Waals surface area (Å²) < 4.78 is 0. The van der Waals surface area contributed by atoms with Crippen LogP contribution >= 0.6 is 0 Å². The fourth-order valence-corrected chi connectivity index (χ4v) is 2.84. The molecular formula is C18H18N4O. The maximum Gasteiger partial charge on any atom is 0.241 e. The third-order valence-electron chi connectivity index (χ3n) is 4.36. The first-order valence-corrected chi connectivity index (χ1v) is 7.81. The molecule has 2 aromatic heterocycles. The molecule has 0 saturated heterocycles. The lowest BCUT2D eigenvalue weighted by molar-refractivity contribution is -0.117. The fourth-order valence-electron chi connectivity index (χ4n) is 2.84. The fraction of sp³-hybridized carbons (Fsp3) is 0.222. The van der Waals surface area contributed by atoms with Crippen LogP contribution in [0, 0.1) is 5.92 Å². The lowest BCUT2D eigenvalue weighted by atomic mass is 10.0. The van der Waals surface area contributed by atoms with Crippen LogP contribution < -0.4 is 11.1 Å². The van der Waals surface area contributed by atoms with Crippen molar-refractivity contribution in [2.75, 3.05) is 5.32 Å². The Bertz CT molecular complexity index is 849. The van der Waals surface area contributed by atoms with Crippen molar-refractivity contribution in [3.05, 3.63) is 48.8 Å². The number of aromatic nitrogens is 2. The largest absolute Gasteiger partial charge is 0.346 e. The van der Waals surface area contributed by atoms with Crippen LogP contribution in [0.25, 0.3) is 22.2 Å². The molecule has 3 aromatic rings. The number of hydrogen-bond acceptors (Lipinski definition) is 3. The van der Waals surface area contributed by atoms with Gasteiger partial charge >= 0.3 is 0 Å². The lowest BCUT2D eigenvalue weighted by Gasteiger charge is -2.11. The Labute approximate surface area is 133 Å². The van der Waals surface area contributed by atoms with Gasteiger partial charge in [0.25, 0.3) is 0 Å². The highest BCUT2D eigenvalue weighted by Crippen LogP contribution is 2.32. The molecule has 5 heteroatoms. The first-order chi connectivity index (χ1) is 11.2. The topological polar surface area (TPSA) is 83.8 Å². The number of pyridine rings is 1. The summed E-state index contributed by atoms with van der Waals surface area (Å²) in [4.78, 5) is 19.5. The van der Waals surface area contributed by atoms with Crippen LogP contribution in [0.5, 0.6) is 0 Å². The molecule has 0 aliphatic heterocycles. The minimum Gasteiger partial charge on any atom is -0.346 e. The van der Waals surface area contributed by atoms with E-state index in [4.69, 9.17) is 5.73 Å². The first kappa shape index (κ1) is 14.0. The Hall–Kier alpha value is -2.66. The second kappa shape index (κ2) is 5.52. The molecule has 4 N–H and O–H groups in total. The molecule has 0 spiro atoms. The molecule has 4 rings (SSSR count). The SMILES string of the molecule is NC(C(=O)Nc1ccc(-c2ccnc3[nH]ccc23)cc1)C1CC1. The van der Waals surface area contributed by atoms with Crippen molar-refractivity contribution in [2.24, 2.45) is 11.7 Å². The molecule has 5 nitrogen and oxygen atoms in total. The zero-order valence-corrected chi connectivity index (χ0v) is 12.6. The number of nitrogens with one attached hydrogen (secondary N) is 2. The van der Waals surface area contributed by atoms with Crippen molar-refractivity contribution >= 4 is 22.6 Å². The van der Waals surface area contributed by atoms with E-state index in [0.29, 0.717) is 5.92 Å². The van der Waals surface area contributed by atoms with E-state index in [0.717, 1.165) is 40.7 Å². The van der Waals surface area contributed by atoms with E-state index in [1.807, 2.05) is 42.6 Å². The predicted octanol–water partition coefficient (Wildman–Crippen LogP) is 2.91. The van der Waals surface area contributed by atoms with Crippen LogP contribution in [0.15, 0.2) is 48.8 Å². The highest BCUT2D eigenvalue weighted by Gasteiger charge is 2.33. The molecule has 0 radical (unpaired) electrons. The van der Waals surface area contributed by atoms with Crippen LogP contribution in [0.3, 0.4) is 0 Å². The molecule has 23 heavy (non-hydrogen) atoms. The highest BCUT2D eigenvalue weighted by atomic mass is 16.2. The van der Waals surface area contributed by atoms with E-state index in [-0.39, 0.29) is 5.91 Å². The van der Waals surface area contributed by atoms with Gasteiger partial charge in [0.05, 0.1) is 6.04 Å². The Morgan fingerprint density at radius 1 is 1.22 bits per heavy atom. The van der Waals surface area contributed by atoms with Crippen molar-refractivity contribution in [3.8, 4) is 11.1 Å². The Morgan fingerprint density at radius 3 is 2.74 bits per heavy atom. The monoisotopic (exact) mass is 306 g/mol. The van der Waals surface area contributed by atoms with E-state index < -0.39 is 6.04 Å². The summed E-state index contributed by atoms with van der Waals surface area (Å²) in [6.45, 7) is 0.